The summed E-state index contributed by atoms with van der Waals surface area (Å²) in [7, 11) is 1.63. The van der Waals surface area contributed by atoms with Gasteiger partial charge in [-0.05, 0) is 67.7 Å². The molecule has 3 aromatic rings. The van der Waals surface area contributed by atoms with Crippen LogP contribution in [0.5, 0.6) is 5.75 Å². The number of methoxy groups -OCH3 is 1. The van der Waals surface area contributed by atoms with E-state index in [1.165, 1.54) is 11.1 Å². The van der Waals surface area contributed by atoms with E-state index < -0.39 is 0 Å². The molecule has 1 aliphatic carbocycles. The van der Waals surface area contributed by atoms with Crippen LogP contribution in [0.3, 0.4) is 0 Å². The van der Waals surface area contributed by atoms with Crippen molar-refractivity contribution >= 4 is 18.1 Å². The van der Waals surface area contributed by atoms with Crippen molar-refractivity contribution in [2.75, 3.05) is 7.11 Å². The second kappa shape index (κ2) is 8.83. The highest BCUT2D eigenvalue weighted by Gasteiger charge is 2.33. The van der Waals surface area contributed by atoms with Crippen LogP contribution in [0.4, 0.5) is 0 Å². The average Bonchev–Trinajstić information content (AvgIpc) is 3.54. The molecule has 1 aromatic heterocycles. The van der Waals surface area contributed by atoms with Gasteiger partial charge in [0.15, 0.2) is 10.6 Å². The van der Waals surface area contributed by atoms with Gasteiger partial charge >= 0.3 is 0 Å². The van der Waals surface area contributed by atoms with Gasteiger partial charge in [-0.25, -0.2) is 0 Å². The van der Waals surface area contributed by atoms with Gasteiger partial charge in [0.25, 0.3) is 0 Å². The molecule has 30 heavy (non-hydrogen) atoms. The summed E-state index contributed by atoms with van der Waals surface area (Å²) in [6, 6.07) is 16.1. The molecule has 156 valence electrons. The summed E-state index contributed by atoms with van der Waals surface area (Å²) in [6.45, 7) is 2.54. The zero-order chi connectivity index (χ0) is 21.1. The fraction of sp³-hybridized carbons (Fsp3) is 0.348. The number of carbonyl (C=O) groups excluding carboxylic acids is 1. The lowest BCUT2D eigenvalue weighted by atomic mass is 10.0. The molecule has 1 unspecified atom stereocenters. The van der Waals surface area contributed by atoms with Gasteiger partial charge in [0, 0.05) is 18.5 Å². The molecule has 6 nitrogen and oxygen atoms in total. The van der Waals surface area contributed by atoms with E-state index in [1.54, 1.807) is 7.11 Å². The first kappa shape index (κ1) is 20.3. The number of ether oxygens (including phenoxy) is 1. The van der Waals surface area contributed by atoms with E-state index in [9.17, 15) is 4.79 Å². The van der Waals surface area contributed by atoms with Crippen LogP contribution in [-0.4, -0.2) is 27.8 Å². The van der Waals surface area contributed by atoms with Gasteiger partial charge in [-0.15, -0.1) is 0 Å². The number of nitrogens with zero attached hydrogens (tertiary/aromatic N) is 2. The second-order valence-corrected chi connectivity index (χ2v) is 8.16. The van der Waals surface area contributed by atoms with Crippen LogP contribution in [0.25, 0.3) is 11.4 Å². The number of aryl methyl sites for hydroxylation is 1. The fourth-order valence-electron chi connectivity index (χ4n) is 3.62. The van der Waals surface area contributed by atoms with E-state index in [0.29, 0.717) is 29.5 Å². The van der Waals surface area contributed by atoms with E-state index >= 15 is 0 Å². The quantitative estimate of drug-likeness (QED) is 0.521. The largest absolute Gasteiger partial charge is 0.497 e. The predicted molar refractivity (Wildman–Crippen MR) is 119 cm³/mol. The van der Waals surface area contributed by atoms with Crippen molar-refractivity contribution in [3.8, 4) is 17.1 Å². The number of carbonyl (C=O) groups is 1. The number of aromatic nitrogens is 3. The molecule has 2 N–H and O–H groups in total. The molecule has 1 aliphatic rings. The molecule has 0 aliphatic heterocycles. The Bertz CT molecular complexity index is 1070. The molecule has 1 heterocycles. The highest BCUT2D eigenvalue weighted by Crippen LogP contribution is 2.41. The van der Waals surface area contributed by atoms with Crippen molar-refractivity contribution < 1.29 is 9.53 Å². The first-order chi connectivity index (χ1) is 14.5. The molecule has 0 bridgehead atoms. The topological polar surface area (TPSA) is 71.9 Å². The zero-order valence-electron chi connectivity index (χ0n) is 17.2. The standard InChI is InChI=1S/C23H26N4O2S/c1-15-3-5-16(6-4-15)21(17-7-8-17)24-20(28)13-14-27-22(25-26-23(27)30)18-9-11-19(29-2)12-10-18/h3-6,9-12,17,21H,7-8,13-14H2,1-2H3,(H,24,28)(H,26,30). The third kappa shape index (κ3) is 4.62. The number of hydrogen-bond acceptors (Lipinski definition) is 4. The van der Waals surface area contributed by atoms with Gasteiger partial charge in [0.2, 0.25) is 5.91 Å². The maximum atomic E-state index is 12.8. The molecular formula is C23H26N4O2S. The third-order valence-electron chi connectivity index (χ3n) is 5.52. The smallest absolute Gasteiger partial charge is 0.222 e. The van der Waals surface area contributed by atoms with Gasteiger partial charge in [-0.1, -0.05) is 29.8 Å². The van der Waals surface area contributed by atoms with E-state index in [0.717, 1.165) is 24.2 Å². The minimum absolute atomic E-state index is 0.0243. The Labute approximate surface area is 181 Å². The Morgan fingerprint density at radius 1 is 1.23 bits per heavy atom. The van der Waals surface area contributed by atoms with Crippen molar-refractivity contribution in [3.63, 3.8) is 0 Å². The van der Waals surface area contributed by atoms with Crippen molar-refractivity contribution in [3.05, 3.63) is 64.4 Å². The molecule has 4 rings (SSSR count). The molecule has 0 radical (unpaired) electrons. The number of amides is 1. The Morgan fingerprint density at radius 2 is 1.93 bits per heavy atom. The Hall–Kier alpha value is -2.93. The summed E-state index contributed by atoms with van der Waals surface area (Å²) in [5.74, 6) is 2.05. The number of hydrogen-bond donors (Lipinski definition) is 2. The lowest BCUT2D eigenvalue weighted by molar-refractivity contribution is -0.122. The normalized spacial score (nSPS) is 14.3. The zero-order valence-corrected chi connectivity index (χ0v) is 18.0. The Kier molecular flexibility index (Phi) is 5.99. The van der Waals surface area contributed by atoms with Crippen LogP contribution >= 0.6 is 12.2 Å². The van der Waals surface area contributed by atoms with E-state index in [1.807, 2.05) is 28.8 Å². The summed E-state index contributed by atoms with van der Waals surface area (Å²) >= 11 is 5.39. The van der Waals surface area contributed by atoms with Crippen molar-refractivity contribution in [2.45, 2.75) is 38.8 Å². The molecule has 2 aromatic carbocycles. The number of nitrogens with one attached hydrogen (secondary N) is 2. The summed E-state index contributed by atoms with van der Waals surface area (Å²) < 4.78 is 7.59. The minimum Gasteiger partial charge on any atom is -0.497 e. The highest BCUT2D eigenvalue weighted by atomic mass is 32.1. The molecule has 7 heteroatoms. The summed E-state index contributed by atoms with van der Waals surface area (Å²) in [5, 5.41) is 10.4. The minimum atomic E-state index is 0.0243. The summed E-state index contributed by atoms with van der Waals surface area (Å²) in [5.41, 5.74) is 3.31. The molecule has 0 saturated heterocycles. The molecular weight excluding hydrogens is 396 g/mol. The first-order valence-corrected chi connectivity index (χ1v) is 10.6. The van der Waals surface area contributed by atoms with Crippen LogP contribution in [0.15, 0.2) is 48.5 Å². The fourth-order valence-corrected chi connectivity index (χ4v) is 3.84. The summed E-state index contributed by atoms with van der Waals surface area (Å²) in [6.07, 6.45) is 2.66. The monoisotopic (exact) mass is 422 g/mol. The van der Waals surface area contributed by atoms with E-state index in [4.69, 9.17) is 17.0 Å². The number of benzene rings is 2. The van der Waals surface area contributed by atoms with Crippen LogP contribution in [0.1, 0.15) is 36.4 Å². The molecule has 1 fully saturated rings. The third-order valence-corrected chi connectivity index (χ3v) is 5.83. The molecule has 1 amide bonds. The number of aromatic amines is 1. The number of rotatable bonds is 8. The first-order valence-electron chi connectivity index (χ1n) is 10.2. The van der Waals surface area contributed by atoms with Crippen LogP contribution < -0.4 is 10.1 Å². The van der Waals surface area contributed by atoms with Gasteiger partial charge in [0.05, 0.1) is 13.2 Å². The highest BCUT2D eigenvalue weighted by molar-refractivity contribution is 7.71. The SMILES string of the molecule is COc1ccc(-c2n[nH]c(=S)n2CCC(=O)NC(c2ccc(C)cc2)C2CC2)cc1. The average molecular weight is 423 g/mol. The van der Waals surface area contributed by atoms with Crippen LogP contribution in [0, 0.1) is 17.6 Å². The van der Waals surface area contributed by atoms with Gasteiger partial charge < -0.3 is 10.1 Å². The summed E-state index contributed by atoms with van der Waals surface area (Å²) in [4.78, 5) is 12.8. The van der Waals surface area contributed by atoms with Crippen LogP contribution in [-0.2, 0) is 11.3 Å². The van der Waals surface area contributed by atoms with Gasteiger partial charge in [-0.2, -0.15) is 5.10 Å². The van der Waals surface area contributed by atoms with E-state index in [2.05, 4.69) is 46.7 Å². The number of H-pyrrole nitrogens is 1. The maximum Gasteiger partial charge on any atom is 0.222 e. The molecule has 0 spiro atoms. The Morgan fingerprint density at radius 3 is 2.57 bits per heavy atom. The maximum absolute atomic E-state index is 12.8. The van der Waals surface area contributed by atoms with Crippen molar-refractivity contribution in [1.82, 2.24) is 20.1 Å². The lowest BCUT2D eigenvalue weighted by Gasteiger charge is -2.19. The predicted octanol–water partition coefficient (Wildman–Crippen LogP) is 4.58. The van der Waals surface area contributed by atoms with Crippen LogP contribution in [0.2, 0.25) is 0 Å². The molecule has 1 saturated carbocycles. The lowest BCUT2D eigenvalue weighted by Crippen LogP contribution is -2.30. The van der Waals surface area contributed by atoms with Crippen molar-refractivity contribution in [1.29, 1.82) is 0 Å². The second-order valence-electron chi connectivity index (χ2n) is 7.78. The molecule has 1 atom stereocenters. The van der Waals surface area contributed by atoms with Gasteiger partial charge in [0.1, 0.15) is 5.75 Å². The van der Waals surface area contributed by atoms with Gasteiger partial charge in [-0.3, -0.25) is 14.5 Å². The van der Waals surface area contributed by atoms with Crippen molar-refractivity contribution in [2.24, 2.45) is 5.92 Å². The van der Waals surface area contributed by atoms with E-state index in [-0.39, 0.29) is 11.9 Å². The Balaban J connectivity index is 1.44.